The molecule has 0 atom stereocenters. The standard InChI is InChI=1S/C27H24F6O3S/c28-26(29,30)25(27(31,32)33,36-19-20-9-3-1-4-10-20)22-15-13-21(14-16-22)24(17-7-8-18-24)37(34,35)23-11-5-2-6-12-23/h1-6,9-16H,7-8,17-19H2. The molecular formula is C27H24F6O3S. The van der Waals surface area contributed by atoms with Gasteiger partial charge in [0, 0.05) is 5.56 Å². The molecule has 0 radical (unpaired) electrons. The van der Waals surface area contributed by atoms with Crippen LogP contribution in [0.1, 0.15) is 42.4 Å². The Morgan fingerprint density at radius 2 is 1.19 bits per heavy atom. The van der Waals surface area contributed by atoms with Gasteiger partial charge in [-0.05, 0) is 36.1 Å². The molecule has 37 heavy (non-hydrogen) atoms. The summed E-state index contributed by atoms with van der Waals surface area (Å²) in [6.45, 7) is -0.937. The lowest BCUT2D eigenvalue weighted by molar-refractivity contribution is -0.392. The Morgan fingerprint density at radius 3 is 1.68 bits per heavy atom. The predicted octanol–water partition coefficient (Wildman–Crippen LogP) is 7.47. The van der Waals surface area contributed by atoms with Crippen LogP contribution in [0.4, 0.5) is 26.3 Å². The zero-order valence-corrected chi connectivity index (χ0v) is 20.3. The number of halogens is 6. The van der Waals surface area contributed by atoms with Crippen molar-refractivity contribution in [1.82, 2.24) is 0 Å². The summed E-state index contributed by atoms with van der Waals surface area (Å²) in [6.07, 6.45) is -10.2. The first-order chi connectivity index (χ1) is 17.4. The van der Waals surface area contributed by atoms with Crippen LogP contribution in [0.2, 0.25) is 0 Å². The van der Waals surface area contributed by atoms with Gasteiger partial charge in [0.2, 0.25) is 0 Å². The number of sulfone groups is 1. The molecule has 0 heterocycles. The molecule has 0 amide bonds. The monoisotopic (exact) mass is 542 g/mol. The summed E-state index contributed by atoms with van der Waals surface area (Å²) < 4.78 is 116. The van der Waals surface area contributed by atoms with Crippen molar-refractivity contribution >= 4 is 9.84 Å². The molecule has 0 aromatic heterocycles. The molecule has 0 unspecified atom stereocenters. The highest BCUT2D eigenvalue weighted by molar-refractivity contribution is 7.92. The Bertz CT molecular complexity index is 1280. The lowest BCUT2D eigenvalue weighted by Crippen LogP contribution is -2.55. The smallest absolute Gasteiger partial charge is 0.349 e. The Balaban J connectivity index is 1.80. The minimum atomic E-state index is -5.84. The van der Waals surface area contributed by atoms with Crippen LogP contribution >= 0.6 is 0 Å². The maximum atomic E-state index is 14.2. The molecule has 10 heteroatoms. The molecule has 1 aliphatic carbocycles. The highest BCUT2D eigenvalue weighted by atomic mass is 32.2. The topological polar surface area (TPSA) is 43.4 Å². The molecule has 3 aromatic rings. The van der Waals surface area contributed by atoms with Gasteiger partial charge < -0.3 is 4.74 Å². The van der Waals surface area contributed by atoms with Gasteiger partial charge in [-0.25, -0.2) is 8.42 Å². The number of rotatable bonds is 7. The molecule has 0 spiro atoms. The van der Waals surface area contributed by atoms with Crippen LogP contribution < -0.4 is 0 Å². The molecule has 3 nitrogen and oxygen atoms in total. The zero-order chi connectivity index (χ0) is 27.0. The van der Waals surface area contributed by atoms with E-state index in [2.05, 4.69) is 4.74 Å². The van der Waals surface area contributed by atoms with E-state index in [0.29, 0.717) is 25.0 Å². The molecule has 4 rings (SSSR count). The first-order valence-corrected chi connectivity index (χ1v) is 13.1. The van der Waals surface area contributed by atoms with E-state index in [1.165, 1.54) is 36.4 Å². The second kappa shape index (κ2) is 9.79. The van der Waals surface area contributed by atoms with E-state index in [0.717, 1.165) is 12.1 Å². The fourth-order valence-electron chi connectivity index (χ4n) is 4.99. The molecule has 1 saturated carbocycles. The third-order valence-corrected chi connectivity index (χ3v) is 9.46. The molecule has 3 aromatic carbocycles. The van der Waals surface area contributed by atoms with Crippen LogP contribution in [0, 0.1) is 0 Å². The molecular weight excluding hydrogens is 518 g/mol. The van der Waals surface area contributed by atoms with Crippen molar-refractivity contribution < 1.29 is 39.5 Å². The molecule has 0 N–H and O–H groups in total. The summed E-state index contributed by atoms with van der Waals surface area (Å²) in [5.74, 6) is 0. The van der Waals surface area contributed by atoms with Gasteiger partial charge in [-0.1, -0.05) is 85.6 Å². The lowest BCUT2D eigenvalue weighted by atomic mass is 9.88. The summed E-state index contributed by atoms with van der Waals surface area (Å²) in [5.41, 5.74) is -5.48. The molecule has 1 fully saturated rings. The van der Waals surface area contributed by atoms with E-state index in [1.807, 2.05) is 0 Å². The average Bonchev–Trinajstić information content (AvgIpc) is 3.36. The first-order valence-electron chi connectivity index (χ1n) is 11.6. The van der Waals surface area contributed by atoms with Gasteiger partial charge in [-0.2, -0.15) is 26.3 Å². The normalized spacial score (nSPS) is 16.6. The maximum Gasteiger partial charge on any atom is 0.430 e. The number of hydrogen-bond donors (Lipinski definition) is 0. The number of alkyl halides is 6. The van der Waals surface area contributed by atoms with Crippen molar-refractivity contribution in [3.63, 3.8) is 0 Å². The minimum absolute atomic E-state index is 0.0482. The van der Waals surface area contributed by atoms with E-state index in [1.54, 1.807) is 24.3 Å². The van der Waals surface area contributed by atoms with Crippen LogP contribution in [-0.2, 0) is 31.5 Å². The lowest BCUT2D eigenvalue weighted by Gasteiger charge is -2.38. The Kier molecular flexibility index (Phi) is 7.20. The number of benzene rings is 3. The van der Waals surface area contributed by atoms with Gasteiger partial charge in [0.25, 0.3) is 5.60 Å². The fraction of sp³-hybridized carbons (Fsp3) is 0.333. The third kappa shape index (κ3) is 4.65. The van der Waals surface area contributed by atoms with Crippen molar-refractivity contribution in [3.8, 4) is 0 Å². The molecule has 198 valence electrons. The van der Waals surface area contributed by atoms with Crippen molar-refractivity contribution in [2.75, 3.05) is 0 Å². The van der Waals surface area contributed by atoms with Crippen molar-refractivity contribution in [3.05, 3.63) is 102 Å². The fourth-order valence-corrected chi connectivity index (χ4v) is 7.23. The zero-order valence-electron chi connectivity index (χ0n) is 19.5. The van der Waals surface area contributed by atoms with Crippen molar-refractivity contribution in [2.45, 2.75) is 59.9 Å². The Morgan fingerprint density at radius 1 is 0.703 bits per heavy atom. The average molecular weight is 543 g/mol. The quantitative estimate of drug-likeness (QED) is 0.291. The van der Waals surface area contributed by atoms with Gasteiger partial charge in [-0.15, -0.1) is 0 Å². The maximum absolute atomic E-state index is 14.2. The number of hydrogen-bond acceptors (Lipinski definition) is 3. The van der Waals surface area contributed by atoms with E-state index >= 15 is 0 Å². The summed E-state index contributed by atoms with van der Waals surface area (Å²) in [6, 6.07) is 18.4. The van der Waals surface area contributed by atoms with Crippen LogP contribution in [-0.4, -0.2) is 20.8 Å². The molecule has 0 bridgehead atoms. The predicted molar refractivity (Wildman–Crippen MR) is 125 cm³/mol. The van der Waals surface area contributed by atoms with Crippen LogP contribution in [0.15, 0.2) is 89.8 Å². The van der Waals surface area contributed by atoms with Crippen molar-refractivity contribution in [2.24, 2.45) is 0 Å². The van der Waals surface area contributed by atoms with Gasteiger partial charge in [0.05, 0.1) is 11.5 Å². The third-order valence-electron chi connectivity index (χ3n) is 6.89. The second-order valence-electron chi connectivity index (χ2n) is 9.05. The second-order valence-corrected chi connectivity index (χ2v) is 11.3. The van der Waals surface area contributed by atoms with E-state index < -0.39 is 44.7 Å². The van der Waals surface area contributed by atoms with Gasteiger partial charge in [0.15, 0.2) is 9.84 Å². The van der Waals surface area contributed by atoms with Gasteiger partial charge >= 0.3 is 12.4 Å². The van der Waals surface area contributed by atoms with Crippen LogP contribution in [0.25, 0.3) is 0 Å². The van der Waals surface area contributed by atoms with E-state index in [9.17, 15) is 34.8 Å². The van der Waals surface area contributed by atoms with Gasteiger partial charge in [-0.3, -0.25) is 0 Å². The summed E-state index contributed by atoms with van der Waals surface area (Å²) in [4.78, 5) is 0.0482. The Hall–Kier alpha value is -2.85. The van der Waals surface area contributed by atoms with Crippen LogP contribution in [0.5, 0.6) is 0 Å². The first kappa shape index (κ1) is 27.2. The largest absolute Gasteiger partial charge is 0.430 e. The minimum Gasteiger partial charge on any atom is -0.349 e. The highest BCUT2D eigenvalue weighted by Gasteiger charge is 2.73. The molecule has 1 aliphatic rings. The van der Waals surface area contributed by atoms with Crippen molar-refractivity contribution in [1.29, 1.82) is 0 Å². The summed E-state index contributed by atoms with van der Waals surface area (Å²) in [5, 5.41) is 0. The summed E-state index contributed by atoms with van der Waals surface area (Å²) in [7, 11) is -3.98. The summed E-state index contributed by atoms with van der Waals surface area (Å²) >= 11 is 0. The molecule has 0 saturated heterocycles. The number of ether oxygens (including phenoxy) is 1. The highest BCUT2D eigenvalue weighted by Crippen LogP contribution is 2.54. The van der Waals surface area contributed by atoms with E-state index in [4.69, 9.17) is 0 Å². The molecule has 0 aliphatic heterocycles. The van der Waals surface area contributed by atoms with Gasteiger partial charge in [0.1, 0.15) is 4.75 Å². The van der Waals surface area contributed by atoms with E-state index in [-0.39, 0.29) is 28.9 Å². The SMILES string of the molecule is O=S(=O)(c1ccccc1)C1(c2ccc(C(OCc3ccccc3)(C(F)(F)F)C(F)(F)F)cc2)CCCC1. The Labute approximate surface area is 211 Å². The van der Waals surface area contributed by atoms with Crippen LogP contribution in [0.3, 0.4) is 0 Å².